The Hall–Kier alpha value is -4.00. The van der Waals surface area contributed by atoms with Crippen molar-refractivity contribution >= 4 is 23.3 Å². The molecule has 1 atom stereocenters. The Kier molecular flexibility index (Phi) is 6.03. The summed E-state index contributed by atoms with van der Waals surface area (Å²) >= 11 is 0. The summed E-state index contributed by atoms with van der Waals surface area (Å²) in [6.45, 7) is 0.419. The lowest BCUT2D eigenvalue weighted by Gasteiger charge is -2.18. The zero-order chi connectivity index (χ0) is 21.6. The van der Waals surface area contributed by atoms with Crippen LogP contribution in [0.1, 0.15) is 6.42 Å². The van der Waals surface area contributed by atoms with Crippen LogP contribution in [0.4, 0.5) is 16.2 Å². The SMILES string of the molecule is COc1ccc(N2CC(NC(=O)Nc3ccc(Oc4ccccc4)cc3)CC2=O)cc1. The molecular weight excluding hydrogens is 394 g/mol. The third-order valence-electron chi connectivity index (χ3n) is 4.94. The van der Waals surface area contributed by atoms with Gasteiger partial charge in [0.15, 0.2) is 0 Å². The monoisotopic (exact) mass is 417 g/mol. The fourth-order valence-electron chi connectivity index (χ4n) is 3.40. The third kappa shape index (κ3) is 5.14. The van der Waals surface area contributed by atoms with Gasteiger partial charge in [0.2, 0.25) is 5.91 Å². The van der Waals surface area contributed by atoms with Crippen molar-refractivity contribution in [2.45, 2.75) is 12.5 Å². The van der Waals surface area contributed by atoms with E-state index in [1.165, 1.54) is 0 Å². The molecule has 0 saturated carbocycles. The van der Waals surface area contributed by atoms with Crippen molar-refractivity contribution in [1.29, 1.82) is 0 Å². The molecule has 2 N–H and O–H groups in total. The maximum absolute atomic E-state index is 12.4. The molecule has 0 bridgehead atoms. The average Bonchev–Trinajstić information content (AvgIpc) is 3.15. The molecule has 0 aliphatic carbocycles. The van der Waals surface area contributed by atoms with E-state index in [1.54, 1.807) is 48.4 Å². The second-order valence-electron chi connectivity index (χ2n) is 7.14. The standard InChI is InChI=1S/C24H23N3O4/c1-30-20-13-9-19(10-14-20)27-16-18(15-23(27)28)26-24(29)25-17-7-11-22(12-8-17)31-21-5-3-2-4-6-21/h2-14,18H,15-16H2,1H3,(H2,25,26,29). The zero-order valence-electron chi connectivity index (χ0n) is 17.1. The number of benzene rings is 3. The molecule has 0 radical (unpaired) electrons. The maximum Gasteiger partial charge on any atom is 0.319 e. The summed E-state index contributed by atoms with van der Waals surface area (Å²) in [4.78, 5) is 26.4. The minimum Gasteiger partial charge on any atom is -0.497 e. The molecule has 1 unspecified atom stereocenters. The van der Waals surface area contributed by atoms with Gasteiger partial charge in [-0.3, -0.25) is 4.79 Å². The van der Waals surface area contributed by atoms with E-state index < -0.39 is 0 Å². The van der Waals surface area contributed by atoms with E-state index in [-0.39, 0.29) is 24.4 Å². The van der Waals surface area contributed by atoms with Crippen LogP contribution in [0.25, 0.3) is 0 Å². The van der Waals surface area contributed by atoms with Crippen LogP contribution in [0.5, 0.6) is 17.2 Å². The maximum atomic E-state index is 12.4. The number of nitrogens with zero attached hydrogens (tertiary/aromatic N) is 1. The van der Waals surface area contributed by atoms with E-state index in [0.717, 1.165) is 17.2 Å². The summed E-state index contributed by atoms with van der Waals surface area (Å²) in [7, 11) is 1.60. The number of carbonyl (C=O) groups excluding carboxylic acids is 2. The van der Waals surface area contributed by atoms with Crippen LogP contribution in [0.15, 0.2) is 78.9 Å². The Balaban J connectivity index is 1.30. The summed E-state index contributed by atoms with van der Waals surface area (Å²) < 4.78 is 10.9. The topological polar surface area (TPSA) is 79.9 Å². The van der Waals surface area contributed by atoms with E-state index in [0.29, 0.717) is 18.0 Å². The van der Waals surface area contributed by atoms with E-state index in [4.69, 9.17) is 9.47 Å². The van der Waals surface area contributed by atoms with Gasteiger partial charge in [0, 0.05) is 24.3 Å². The highest BCUT2D eigenvalue weighted by atomic mass is 16.5. The number of carbonyl (C=O) groups is 2. The van der Waals surface area contributed by atoms with Crippen LogP contribution in [0, 0.1) is 0 Å². The van der Waals surface area contributed by atoms with Crippen molar-refractivity contribution in [3.05, 3.63) is 78.9 Å². The highest BCUT2D eigenvalue weighted by Gasteiger charge is 2.31. The predicted octanol–water partition coefficient (Wildman–Crippen LogP) is 4.41. The molecule has 0 spiro atoms. The Labute approximate surface area is 180 Å². The van der Waals surface area contributed by atoms with Crippen molar-refractivity contribution in [3.63, 3.8) is 0 Å². The van der Waals surface area contributed by atoms with Crippen molar-refractivity contribution in [2.24, 2.45) is 0 Å². The second kappa shape index (κ2) is 9.21. The van der Waals surface area contributed by atoms with Gasteiger partial charge in [-0.2, -0.15) is 0 Å². The molecule has 3 aromatic carbocycles. The van der Waals surface area contributed by atoms with Gasteiger partial charge in [-0.05, 0) is 60.7 Å². The average molecular weight is 417 g/mol. The molecule has 7 nitrogen and oxygen atoms in total. The number of amides is 3. The number of hydrogen-bond acceptors (Lipinski definition) is 4. The van der Waals surface area contributed by atoms with Gasteiger partial charge >= 0.3 is 6.03 Å². The van der Waals surface area contributed by atoms with E-state index in [1.807, 2.05) is 42.5 Å². The van der Waals surface area contributed by atoms with Gasteiger partial charge < -0.3 is 25.0 Å². The Morgan fingerprint density at radius 1 is 0.903 bits per heavy atom. The fourth-order valence-corrected chi connectivity index (χ4v) is 3.40. The molecule has 1 heterocycles. The lowest BCUT2D eigenvalue weighted by molar-refractivity contribution is -0.117. The van der Waals surface area contributed by atoms with Crippen LogP contribution in [0.2, 0.25) is 0 Å². The molecule has 3 aromatic rings. The van der Waals surface area contributed by atoms with E-state index in [2.05, 4.69) is 10.6 Å². The van der Waals surface area contributed by atoms with Gasteiger partial charge in [-0.25, -0.2) is 4.79 Å². The van der Waals surface area contributed by atoms with Gasteiger partial charge in [-0.1, -0.05) is 18.2 Å². The number of methoxy groups -OCH3 is 1. The first kappa shape index (κ1) is 20.3. The van der Waals surface area contributed by atoms with Crippen LogP contribution >= 0.6 is 0 Å². The lowest BCUT2D eigenvalue weighted by atomic mass is 10.2. The highest BCUT2D eigenvalue weighted by Crippen LogP contribution is 2.25. The second-order valence-corrected chi connectivity index (χ2v) is 7.14. The number of para-hydroxylation sites is 1. The molecule has 0 aromatic heterocycles. The zero-order valence-corrected chi connectivity index (χ0v) is 17.1. The fraction of sp³-hybridized carbons (Fsp3) is 0.167. The first-order chi connectivity index (χ1) is 15.1. The number of urea groups is 1. The summed E-state index contributed by atoms with van der Waals surface area (Å²) in [5.74, 6) is 2.12. The minimum atomic E-state index is -0.355. The van der Waals surface area contributed by atoms with Gasteiger partial charge in [0.1, 0.15) is 17.2 Å². The number of rotatable bonds is 6. The molecule has 158 valence electrons. The first-order valence-corrected chi connectivity index (χ1v) is 9.95. The number of hydrogen-bond donors (Lipinski definition) is 2. The van der Waals surface area contributed by atoms with Crippen LogP contribution in [0.3, 0.4) is 0 Å². The van der Waals surface area contributed by atoms with Gasteiger partial charge in [0.05, 0.1) is 13.2 Å². The molecule has 3 amide bonds. The molecule has 1 aliphatic rings. The lowest BCUT2D eigenvalue weighted by Crippen LogP contribution is -2.39. The van der Waals surface area contributed by atoms with Crippen molar-refractivity contribution in [1.82, 2.24) is 5.32 Å². The Bertz CT molecular complexity index is 1040. The Morgan fingerprint density at radius 2 is 1.55 bits per heavy atom. The quantitative estimate of drug-likeness (QED) is 0.622. The van der Waals surface area contributed by atoms with Gasteiger partial charge in [-0.15, -0.1) is 0 Å². The number of nitrogens with one attached hydrogen (secondary N) is 2. The molecule has 4 rings (SSSR count). The molecular formula is C24H23N3O4. The van der Waals surface area contributed by atoms with E-state index in [9.17, 15) is 9.59 Å². The van der Waals surface area contributed by atoms with Crippen LogP contribution in [-0.4, -0.2) is 31.6 Å². The van der Waals surface area contributed by atoms with Crippen molar-refractivity contribution < 1.29 is 19.1 Å². The van der Waals surface area contributed by atoms with Crippen molar-refractivity contribution in [2.75, 3.05) is 23.9 Å². The molecule has 1 saturated heterocycles. The molecule has 31 heavy (non-hydrogen) atoms. The number of anilines is 2. The van der Waals surface area contributed by atoms with Crippen LogP contribution < -0.4 is 25.0 Å². The smallest absolute Gasteiger partial charge is 0.319 e. The Morgan fingerprint density at radius 3 is 2.23 bits per heavy atom. The summed E-state index contributed by atoms with van der Waals surface area (Å²) in [5, 5.41) is 5.66. The van der Waals surface area contributed by atoms with Gasteiger partial charge in [0.25, 0.3) is 0 Å². The highest BCUT2D eigenvalue weighted by molar-refractivity contribution is 5.97. The van der Waals surface area contributed by atoms with Crippen molar-refractivity contribution in [3.8, 4) is 17.2 Å². The summed E-state index contributed by atoms with van der Waals surface area (Å²) in [5.41, 5.74) is 1.42. The third-order valence-corrected chi connectivity index (χ3v) is 4.94. The first-order valence-electron chi connectivity index (χ1n) is 9.95. The molecule has 7 heteroatoms. The molecule has 1 aliphatic heterocycles. The normalized spacial score (nSPS) is 15.5. The summed E-state index contributed by atoms with van der Waals surface area (Å²) in [6, 6.07) is 23.2. The largest absolute Gasteiger partial charge is 0.497 e. The predicted molar refractivity (Wildman–Crippen MR) is 119 cm³/mol. The minimum absolute atomic E-state index is 0.0297. The van der Waals surface area contributed by atoms with E-state index >= 15 is 0 Å². The molecule has 1 fully saturated rings. The van der Waals surface area contributed by atoms with Crippen LogP contribution in [-0.2, 0) is 4.79 Å². The number of ether oxygens (including phenoxy) is 2. The summed E-state index contributed by atoms with van der Waals surface area (Å²) in [6.07, 6.45) is 0.253.